The SMILES string of the molecule is CNCC1CCCN1C(=O)c1cc(C)oc1C. The maximum Gasteiger partial charge on any atom is 0.257 e. The number of hydrogen-bond acceptors (Lipinski definition) is 3. The summed E-state index contributed by atoms with van der Waals surface area (Å²) in [5.74, 6) is 1.63. The molecule has 0 saturated carbocycles. The van der Waals surface area contributed by atoms with Crippen LogP contribution in [0.5, 0.6) is 0 Å². The Labute approximate surface area is 102 Å². The topological polar surface area (TPSA) is 45.5 Å². The van der Waals surface area contributed by atoms with Gasteiger partial charge in [-0.1, -0.05) is 0 Å². The highest BCUT2D eigenvalue weighted by molar-refractivity contribution is 5.95. The van der Waals surface area contributed by atoms with E-state index >= 15 is 0 Å². The molecule has 1 fully saturated rings. The first kappa shape index (κ1) is 12.2. The molecule has 1 atom stereocenters. The van der Waals surface area contributed by atoms with Crippen molar-refractivity contribution in [3.05, 3.63) is 23.2 Å². The summed E-state index contributed by atoms with van der Waals surface area (Å²) in [5, 5.41) is 3.15. The van der Waals surface area contributed by atoms with Gasteiger partial charge >= 0.3 is 0 Å². The number of nitrogens with zero attached hydrogens (tertiary/aromatic N) is 1. The number of likely N-dealkylation sites (N-methyl/N-ethyl adjacent to an activating group) is 1. The molecule has 1 aliphatic rings. The summed E-state index contributed by atoms with van der Waals surface area (Å²) in [5.41, 5.74) is 0.713. The van der Waals surface area contributed by atoms with E-state index in [2.05, 4.69) is 5.32 Å². The van der Waals surface area contributed by atoms with Gasteiger partial charge in [-0.05, 0) is 39.8 Å². The van der Waals surface area contributed by atoms with Crippen LogP contribution < -0.4 is 5.32 Å². The van der Waals surface area contributed by atoms with Crippen LogP contribution in [0, 0.1) is 13.8 Å². The zero-order valence-corrected chi connectivity index (χ0v) is 10.7. The molecule has 17 heavy (non-hydrogen) atoms. The molecule has 0 aromatic carbocycles. The molecule has 1 amide bonds. The Morgan fingerprint density at radius 1 is 1.59 bits per heavy atom. The molecule has 0 aliphatic carbocycles. The van der Waals surface area contributed by atoms with E-state index in [1.54, 1.807) is 0 Å². The first-order valence-electron chi connectivity index (χ1n) is 6.16. The van der Waals surface area contributed by atoms with E-state index in [9.17, 15) is 4.79 Å². The molecule has 2 heterocycles. The van der Waals surface area contributed by atoms with Crippen molar-refractivity contribution in [3.8, 4) is 0 Å². The predicted molar refractivity (Wildman–Crippen MR) is 66.2 cm³/mol. The third-order valence-electron chi connectivity index (χ3n) is 3.35. The van der Waals surface area contributed by atoms with Gasteiger partial charge in [-0.15, -0.1) is 0 Å². The Morgan fingerprint density at radius 2 is 2.35 bits per heavy atom. The van der Waals surface area contributed by atoms with E-state index in [4.69, 9.17) is 4.42 Å². The third-order valence-corrected chi connectivity index (χ3v) is 3.35. The van der Waals surface area contributed by atoms with E-state index in [1.165, 1.54) is 0 Å². The normalized spacial score (nSPS) is 19.9. The van der Waals surface area contributed by atoms with E-state index < -0.39 is 0 Å². The van der Waals surface area contributed by atoms with E-state index in [-0.39, 0.29) is 5.91 Å². The summed E-state index contributed by atoms with van der Waals surface area (Å²) in [6.07, 6.45) is 2.18. The highest BCUT2D eigenvalue weighted by atomic mass is 16.3. The molecular formula is C13H20N2O2. The molecule has 0 bridgehead atoms. The van der Waals surface area contributed by atoms with Crippen LogP contribution in [-0.4, -0.2) is 37.0 Å². The molecule has 94 valence electrons. The lowest BCUT2D eigenvalue weighted by molar-refractivity contribution is 0.0735. The summed E-state index contributed by atoms with van der Waals surface area (Å²) >= 11 is 0. The van der Waals surface area contributed by atoms with Gasteiger partial charge in [-0.25, -0.2) is 0 Å². The number of carbonyl (C=O) groups excluding carboxylic acids is 1. The van der Waals surface area contributed by atoms with E-state index in [0.29, 0.717) is 11.6 Å². The number of carbonyl (C=O) groups is 1. The molecule has 4 heteroatoms. The number of likely N-dealkylation sites (tertiary alicyclic amines) is 1. The second kappa shape index (κ2) is 4.92. The summed E-state index contributed by atoms with van der Waals surface area (Å²) in [7, 11) is 1.92. The Bertz CT molecular complexity index is 412. The molecule has 1 N–H and O–H groups in total. The number of rotatable bonds is 3. The summed E-state index contributed by atoms with van der Waals surface area (Å²) in [4.78, 5) is 14.4. The monoisotopic (exact) mass is 236 g/mol. The van der Waals surface area contributed by atoms with Gasteiger partial charge in [0.05, 0.1) is 5.56 Å². The van der Waals surface area contributed by atoms with Crippen molar-refractivity contribution in [2.45, 2.75) is 32.7 Å². The fourth-order valence-corrected chi connectivity index (χ4v) is 2.55. The van der Waals surface area contributed by atoms with Crippen LogP contribution >= 0.6 is 0 Å². The van der Waals surface area contributed by atoms with Gasteiger partial charge in [-0.3, -0.25) is 4.79 Å². The molecular weight excluding hydrogens is 216 g/mol. The number of furan rings is 1. The second-order valence-electron chi connectivity index (χ2n) is 4.68. The summed E-state index contributed by atoms with van der Waals surface area (Å²) in [6.45, 7) is 5.44. The maximum atomic E-state index is 12.4. The van der Waals surface area contributed by atoms with E-state index in [1.807, 2.05) is 31.9 Å². The van der Waals surface area contributed by atoms with Crippen LogP contribution in [0.4, 0.5) is 0 Å². The molecule has 4 nitrogen and oxygen atoms in total. The zero-order chi connectivity index (χ0) is 12.4. The Morgan fingerprint density at radius 3 is 2.94 bits per heavy atom. The first-order chi connectivity index (χ1) is 8.13. The smallest absolute Gasteiger partial charge is 0.257 e. The van der Waals surface area contributed by atoms with Gasteiger partial charge in [0.1, 0.15) is 11.5 Å². The first-order valence-corrected chi connectivity index (χ1v) is 6.16. The van der Waals surface area contributed by atoms with Crippen molar-refractivity contribution in [1.82, 2.24) is 10.2 Å². The lowest BCUT2D eigenvalue weighted by atomic mass is 10.2. The van der Waals surface area contributed by atoms with Crippen LogP contribution in [0.25, 0.3) is 0 Å². The average Bonchev–Trinajstić information content (AvgIpc) is 2.85. The van der Waals surface area contributed by atoms with Crippen molar-refractivity contribution in [2.24, 2.45) is 0 Å². The maximum absolute atomic E-state index is 12.4. The van der Waals surface area contributed by atoms with Crippen molar-refractivity contribution < 1.29 is 9.21 Å². The zero-order valence-electron chi connectivity index (χ0n) is 10.7. The average molecular weight is 236 g/mol. The van der Waals surface area contributed by atoms with Crippen molar-refractivity contribution in [1.29, 1.82) is 0 Å². The van der Waals surface area contributed by atoms with Gasteiger partial charge in [0, 0.05) is 19.1 Å². The minimum Gasteiger partial charge on any atom is -0.466 e. The molecule has 1 aliphatic heterocycles. The Kier molecular flexibility index (Phi) is 3.52. The van der Waals surface area contributed by atoms with E-state index in [0.717, 1.165) is 37.5 Å². The second-order valence-corrected chi connectivity index (χ2v) is 4.68. The minimum atomic E-state index is 0.108. The van der Waals surface area contributed by atoms with Gasteiger partial charge in [0.15, 0.2) is 0 Å². The molecule has 1 aromatic heterocycles. The van der Waals surface area contributed by atoms with Crippen molar-refractivity contribution in [3.63, 3.8) is 0 Å². The van der Waals surface area contributed by atoms with Crippen LogP contribution in [-0.2, 0) is 0 Å². The fourth-order valence-electron chi connectivity index (χ4n) is 2.55. The molecule has 1 saturated heterocycles. The lowest BCUT2D eigenvalue weighted by Crippen LogP contribution is -2.40. The Hall–Kier alpha value is -1.29. The molecule has 0 radical (unpaired) electrons. The highest BCUT2D eigenvalue weighted by Gasteiger charge is 2.30. The third kappa shape index (κ3) is 2.36. The van der Waals surface area contributed by atoms with Crippen molar-refractivity contribution in [2.75, 3.05) is 20.1 Å². The number of hydrogen-bond donors (Lipinski definition) is 1. The Balaban J connectivity index is 2.16. The van der Waals surface area contributed by atoms with Gasteiger partial charge in [-0.2, -0.15) is 0 Å². The number of aryl methyl sites for hydroxylation is 2. The van der Waals surface area contributed by atoms with Gasteiger partial charge in [0.2, 0.25) is 0 Å². The molecule has 2 rings (SSSR count). The summed E-state index contributed by atoms with van der Waals surface area (Å²) in [6, 6.07) is 2.16. The highest BCUT2D eigenvalue weighted by Crippen LogP contribution is 2.22. The quantitative estimate of drug-likeness (QED) is 0.869. The lowest BCUT2D eigenvalue weighted by Gasteiger charge is -2.24. The largest absolute Gasteiger partial charge is 0.466 e. The van der Waals surface area contributed by atoms with Crippen LogP contribution in [0.15, 0.2) is 10.5 Å². The number of nitrogens with one attached hydrogen (secondary N) is 1. The summed E-state index contributed by atoms with van der Waals surface area (Å²) < 4.78 is 5.43. The standard InChI is InChI=1S/C13H20N2O2/c1-9-7-12(10(2)17-9)13(16)15-6-4-5-11(15)8-14-3/h7,11,14H,4-6,8H2,1-3H3. The van der Waals surface area contributed by atoms with Crippen molar-refractivity contribution >= 4 is 5.91 Å². The fraction of sp³-hybridized carbons (Fsp3) is 0.615. The molecule has 1 unspecified atom stereocenters. The van der Waals surface area contributed by atoms with Gasteiger partial charge in [0.25, 0.3) is 5.91 Å². The van der Waals surface area contributed by atoms with Crippen LogP contribution in [0.3, 0.4) is 0 Å². The molecule has 0 spiro atoms. The predicted octanol–water partition coefficient (Wildman–Crippen LogP) is 1.72. The van der Waals surface area contributed by atoms with Gasteiger partial charge < -0.3 is 14.6 Å². The van der Waals surface area contributed by atoms with Crippen LogP contribution in [0.1, 0.15) is 34.7 Å². The number of amides is 1. The van der Waals surface area contributed by atoms with Crippen LogP contribution in [0.2, 0.25) is 0 Å². The minimum absolute atomic E-state index is 0.108. The molecule has 1 aromatic rings.